The number of nitrogens with one attached hydrogen (secondary N) is 1. The van der Waals surface area contributed by atoms with Gasteiger partial charge in [-0.05, 0) is 37.0 Å². The molecule has 1 aromatic carbocycles. The zero-order valence-electron chi connectivity index (χ0n) is 13.2. The molecule has 5 heteroatoms. The van der Waals surface area contributed by atoms with Gasteiger partial charge in [-0.15, -0.1) is 0 Å². The summed E-state index contributed by atoms with van der Waals surface area (Å²) in [5.41, 5.74) is 0.960. The van der Waals surface area contributed by atoms with Crippen molar-refractivity contribution < 1.29 is 9.18 Å². The van der Waals surface area contributed by atoms with Crippen LogP contribution in [0.1, 0.15) is 50.1 Å². The van der Waals surface area contributed by atoms with Crippen molar-refractivity contribution in [3.63, 3.8) is 0 Å². The van der Waals surface area contributed by atoms with E-state index in [2.05, 4.69) is 10.4 Å². The molecule has 1 aromatic heterocycles. The van der Waals surface area contributed by atoms with Gasteiger partial charge < -0.3 is 5.32 Å². The summed E-state index contributed by atoms with van der Waals surface area (Å²) in [6.07, 6.45) is 8.71. The molecule has 0 unspecified atom stereocenters. The van der Waals surface area contributed by atoms with E-state index in [1.165, 1.54) is 31.4 Å². The number of rotatable bonds is 5. The van der Waals surface area contributed by atoms with E-state index in [1.807, 2.05) is 10.7 Å². The second-order valence-corrected chi connectivity index (χ2v) is 6.13. The van der Waals surface area contributed by atoms with Crippen molar-refractivity contribution in [1.82, 2.24) is 9.78 Å². The molecule has 122 valence electrons. The van der Waals surface area contributed by atoms with Gasteiger partial charge in [0.1, 0.15) is 11.6 Å². The number of anilines is 1. The van der Waals surface area contributed by atoms with Gasteiger partial charge in [-0.25, -0.2) is 9.07 Å². The van der Waals surface area contributed by atoms with E-state index in [0.29, 0.717) is 18.9 Å². The Morgan fingerprint density at radius 2 is 1.91 bits per heavy atom. The average molecular weight is 315 g/mol. The highest BCUT2D eigenvalue weighted by atomic mass is 19.1. The van der Waals surface area contributed by atoms with Gasteiger partial charge in [-0.3, -0.25) is 4.79 Å². The fourth-order valence-corrected chi connectivity index (χ4v) is 3.14. The van der Waals surface area contributed by atoms with Crippen LogP contribution in [0.15, 0.2) is 36.5 Å². The zero-order valence-corrected chi connectivity index (χ0v) is 13.2. The molecule has 4 nitrogen and oxygen atoms in total. The molecular formula is C18H22FN3O. The molecule has 0 saturated heterocycles. The minimum Gasteiger partial charge on any atom is -0.311 e. The second-order valence-electron chi connectivity index (χ2n) is 6.13. The standard InChI is InChI=1S/C18H22FN3O/c19-15-9-6-14(7-10-15)8-11-18(23)21-17-12-13-20-22(17)16-4-2-1-3-5-16/h6-7,9-10,12-13,16H,1-5,8,11H2,(H,21,23). The SMILES string of the molecule is O=C(CCc1ccc(F)cc1)Nc1ccnn1C1CCCCC1. The molecular weight excluding hydrogens is 293 g/mol. The van der Waals surface area contributed by atoms with Crippen molar-refractivity contribution in [2.24, 2.45) is 0 Å². The van der Waals surface area contributed by atoms with Crippen LogP contribution in [0.3, 0.4) is 0 Å². The van der Waals surface area contributed by atoms with E-state index in [1.54, 1.807) is 18.3 Å². The topological polar surface area (TPSA) is 46.9 Å². The lowest BCUT2D eigenvalue weighted by molar-refractivity contribution is -0.116. The highest BCUT2D eigenvalue weighted by molar-refractivity contribution is 5.89. The molecule has 1 aliphatic rings. The molecule has 0 bridgehead atoms. The molecule has 1 saturated carbocycles. The summed E-state index contributed by atoms with van der Waals surface area (Å²) in [6, 6.07) is 8.52. The summed E-state index contributed by atoms with van der Waals surface area (Å²) < 4.78 is 14.8. The Bertz CT molecular complexity index is 645. The lowest BCUT2D eigenvalue weighted by atomic mass is 9.96. The number of nitrogens with zero attached hydrogens (tertiary/aromatic N) is 2. The number of aryl methyl sites for hydroxylation is 1. The monoisotopic (exact) mass is 315 g/mol. The predicted octanol–water partition coefficient (Wildman–Crippen LogP) is 4.10. The van der Waals surface area contributed by atoms with Crippen LogP contribution in [-0.2, 0) is 11.2 Å². The van der Waals surface area contributed by atoms with Crippen LogP contribution >= 0.6 is 0 Å². The fourth-order valence-electron chi connectivity index (χ4n) is 3.14. The maximum Gasteiger partial charge on any atom is 0.225 e. The third-order valence-electron chi connectivity index (χ3n) is 4.41. The number of hydrogen-bond donors (Lipinski definition) is 1. The van der Waals surface area contributed by atoms with Crippen molar-refractivity contribution in [1.29, 1.82) is 0 Å². The molecule has 23 heavy (non-hydrogen) atoms. The van der Waals surface area contributed by atoms with E-state index in [9.17, 15) is 9.18 Å². The molecule has 0 spiro atoms. The first-order valence-corrected chi connectivity index (χ1v) is 8.30. The molecule has 0 aliphatic heterocycles. The van der Waals surface area contributed by atoms with Crippen LogP contribution in [0.25, 0.3) is 0 Å². The maximum atomic E-state index is 12.9. The van der Waals surface area contributed by atoms with Crippen molar-refractivity contribution >= 4 is 11.7 Å². The van der Waals surface area contributed by atoms with Crippen LogP contribution in [0.2, 0.25) is 0 Å². The summed E-state index contributed by atoms with van der Waals surface area (Å²) in [5.74, 6) is 0.488. The molecule has 1 aliphatic carbocycles. The van der Waals surface area contributed by atoms with Crippen LogP contribution in [0.5, 0.6) is 0 Å². The Hall–Kier alpha value is -2.17. The number of carbonyl (C=O) groups excluding carboxylic acids is 1. The lowest BCUT2D eigenvalue weighted by Crippen LogP contribution is -2.20. The van der Waals surface area contributed by atoms with Crippen LogP contribution in [0, 0.1) is 5.82 Å². The Morgan fingerprint density at radius 1 is 1.17 bits per heavy atom. The van der Waals surface area contributed by atoms with E-state index in [0.717, 1.165) is 24.2 Å². The quantitative estimate of drug-likeness (QED) is 0.903. The van der Waals surface area contributed by atoms with Crippen LogP contribution < -0.4 is 5.32 Å². The Labute approximate surface area is 135 Å². The number of aromatic nitrogens is 2. The van der Waals surface area contributed by atoms with Crippen molar-refractivity contribution in [3.05, 3.63) is 47.9 Å². The summed E-state index contributed by atoms with van der Waals surface area (Å²) in [4.78, 5) is 12.2. The van der Waals surface area contributed by atoms with Gasteiger partial charge in [-0.2, -0.15) is 5.10 Å². The minimum atomic E-state index is -0.255. The van der Waals surface area contributed by atoms with E-state index >= 15 is 0 Å². The van der Waals surface area contributed by atoms with E-state index < -0.39 is 0 Å². The summed E-state index contributed by atoms with van der Waals surface area (Å²) >= 11 is 0. The Kier molecular flexibility index (Phi) is 5.05. The van der Waals surface area contributed by atoms with Crippen molar-refractivity contribution in [3.8, 4) is 0 Å². The second kappa shape index (κ2) is 7.40. The first kappa shape index (κ1) is 15.7. The third-order valence-corrected chi connectivity index (χ3v) is 4.41. The number of benzene rings is 1. The van der Waals surface area contributed by atoms with Gasteiger partial charge in [0.15, 0.2) is 0 Å². The predicted molar refractivity (Wildman–Crippen MR) is 87.7 cm³/mol. The summed E-state index contributed by atoms with van der Waals surface area (Å²) in [6.45, 7) is 0. The lowest BCUT2D eigenvalue weighted by Gasteiger charge is -2.23. The average Bonchev–Trinajstić information content (AvgIpc) is 3.03. The highest BCUT2D eigenvalue weighted by Gasteiger charge is 2.19. The van der Waals surface area contributed by atoms with E-state index in [-0.39, 0.29) is 11.7 Å². The van der Waals surface area contributed by atoms with Crippen molar-refractivity contribution in [2.75, 3.05) is 5.32 Å². The summed E-state index contributed by atoms with van der Waals surface area (Å²) in [5, 5.41) is 7.34. The van der Waals surface area contributed by atoms with E-state index in [4.69, 9.17) is 0 Å². The van der Waals surface area contributed by atoms with Gasteiger partial charge in [0.2, 0.25) is 5.91 Å². The number of carbonyl (C=O) groups is 1. The van der Waals surface area contributed by atoms with Gasteiger partial charge >= 0.3 is 0 Å². The molecule has 1 amide bonds. The number of amides is 1. The zero-order chi connectivity index (χ0) is 16.1. The molecule has 0 atom stereocenters. The Morgan fingerprint density at radius 3 is 2.65 bits per heavy atom. The highest BCUT2D eigenvalue weighted by Crippen LogP contribution is 2.29. The molecule has 1 heterocycles. The van der Waals surface area contributed by atoms with Crippen LogP contribution in [0.4, 0.5) is 10.2 Å². The normalized spacial score (nSPS) is 15.5. The van der Waals surface area contributed by atoms with Gasteiger partial charge in [0, 0.05) is 12.5 Å². The fraction of sp³-hybridized carbons (Fsp3) is 0.444. The van der Waals surface area contributed by atoms with Crippen LogP contribution in [-0.4, -0.2) is 15.7 Å². The van der Waals surface area contributed by atoms with Crippen molar-refractivity contribution in [2.45, 2.75) is 51.0 Å². The Balaban J connectivity index is 1.55. The molecule has 0 radical (unpaired) electrons. The maximum absolute atomic E-state index is 12.9. The third kappa shape index (κ3) is 4.18. The largest absolute Gasteiger partial charge is 0.311 e. The smallest absolute Gasteiger partial charge is 0.225 e. The molecule has 3 rings (SSSR count). The molecule has 1 N–H and O–H groups in total. The van der Waals surface area contributed by atoms with Gasteiger partial charge in [0.25, 0.3) is 0 Å². The first-order chi connectivity index (χ1) is 11.2. The number of halogens is 1. The van der Waals surface area contributed by atoms with Gasteiger partial charge in [-0.1, -0.05) is 31.4 Å². The minimum absolute atomic E-state index is 0.0353. The first-order valence-electron chi connectivity index (χ1n) is 8.30. The molecule has 1 fully saturated rings. The van der Waals surface area contributed by atoms with Gasteiger partial charge in [0.05, 0.1) is 12.2 Å². The number of hydrogen-bond acceptors (Lipinski definition) is 2. The summed E-state index contributed by atoms with van der Waals surface area (Å²) in [7, 11) is 0. The molecule has 2 aromatic rings.